The molecule has 1 amide bonds. The van der Waals surface area contributed by atoms with E-state index < -0.39 is 0 Å². The molecule has 1 aromatic carbocycles. The Morgan fingerprint density at radius 1 is 1.21 bits per heavy atom. The lowest BCUT2D eigenvalue weighted by Gasteiger charge is -2.17. The predicted molar refractivity (Wildman–Crippen MR) is 84.2 cm³/mol. The molecule has 0 bridgehead atoms. The summed E-state index contributed by atoms with van der Waals surface area (Å²) in [5.41, 5.74) is 2.30. The maximum atomic E-state index is 11.6. The smallest absolute Gasteiger partial charge is 0.263 e. The van der Waals surface area contributed by atoms with Crippen LogP contribution in [0.3, 0.4) is 0 Å². The zero-order valence-corrected chi connectivity index (χ0v) is 12.0. The van der Waals surface area contributed by atoms with E-state index in [1.54, 1.807) is 0 Å². The summed E-state index contributed by atoms with van der Waals surface area (Å²) in [5.74, 6) is -0.0985. The number of amides is 1. The van der Waals surface area contributed by atoms with Crippen LogP contribution in [0.5, 0.6) is 0 Å². The number of nitrogens with one attached hydrogen (secondary N) is 1. The molecule has 2 aliphatic heterocycles. The van der Waals surface area contributed by atoms with Gasteiger partial charge in [-0.15, -0.1) is 0 Å². The van der Waals surface area contributed by atoms with Crippen molar-refractivity contribution in [1.82, 2.24) is 5.32 Å². The highest BCUT2D eigenvalue weighted by molar-refractivity contribution is 8.26. The number of anilines is 1. The van der Waals surface area contributed by atoms with Gasteiger partial charge in [-0.25, -0.2) is 0 Å². The molecule has 0 atom stereocenters. The summed E-state index contributed by atoms with van der Waals surface area (Å²) in [6, 6.07) is 8.34. The molecule has 2 saturated heterocycles. The van der Waals surface area contributed by atoms with Crippen molar-refractivity contribution in [2.24, 2.45) is 0 Å². The summed E-state index contributed by atoms with van der Waals surface area (Å²) in [4.78, 5) is 14.6. The fourth-order valence-electron chi connectivity index (χ4n) is 2.33. The van der Waals surface area contributed by atoms with Gasteiger partial charge in [0.2, 0.25) is 0 Å². The van der Waals surface area contributed by atoms with Gasteiger partial charge in [-0.3, -0.25) is 4.79 Å². The van der Waals surface area contributed by atoms with Gasteiger partial charge >= 0.3 is 0 Å². The van der Waals surface area contributed by atoms with Crippen LogP contribution in [0.2, 0.25) is 0 Å². The number of thioether (sulfide) groups is 1. The third kappa shape index (κ3) is 2.82. The van der Waals surface area contributed by atoms with Crippen LogP contribution in [0.1, 0.15) is 18.4 Å². The summed E-state index contributed by atoms with van der Waals surface area (Å²) >= 11 is 6.29. The second-order valence-corrected chi connectivity index (χ2v) is 6.36. The van der Waals surface area contributed by atoms with E-state index in [1.165, 1.54) is 30.3 Å². The van der Waals surface area contributed by atoms with Gasteiger partial charge in [0, 0.05) is 18.8 Å². The largest absolute Gasteiger partial charge is 0.372 e. The number of hydrogen-bond donors (Lipinski definition) is 1. The summed E-state index contributed by atoms with van der Waals surface area (Å²) in [7, 11) is 0. The number of hydrogen-bond acceptors (Lipinski definition) is 4. The van der Waals surface area contributed by atoms with Crippen LogP contribution in [0.4, 0.5) is 5.69 Å². The zero-order chi connectivity index (χ0) is 13.2. The van der Waals surface area contributed by atoms with Gasteiger partial charge in [0.25, 0.3) is 5.91 Å². The molecule has 0 aliphatic carbocycles. The maximum Gasteiger partial charge on any atom is 0.263 e. The Morgan fingerprint density at radius 3 is 2.47 bits per heavy atom. The van der Waals surface area contributed by atoms with E-state index in [-0.39, 0.29) is 5.91 Å². The molecule has 2 fully saturated rings. The molecule has 0 aromatic heterocycles. The van der Waals surface area contributed by atoms with Gasteiger partial charge in [0.15, 0.2) is 0 Å². The molecular weight excluding hydrogens is 276 g/mol. The fraction of sp³-hybridized carbons (Fsp3) is 0.286. The van der Waals surface area contributed by atoms with E-state index >= 15 is 0 Å². The van der Waals surface area contributed by atoms with E-state index in [9.17, 15) is 4.79 Å². The SMILES string of the molecule is O=C1NC(=S)SC1=Cc1ccc(N2CCCC2)cc1. The molecule has 0 radical (unpaired) electrons. The van der Waals surface area contributed by atoms with Crippen molar-refractivity contribution in [3.05, 3.63) is 34.7 Å². The van der Waals surface area contributed by atoms with Gasteiger partial charge in [-0.1, -0.05) is 36.1 Å². The molecule has 98 valence electrons. The Bertz CT molecular complexity index is 545. The van der Waals surface area contributed by atoms with E-state index in [0.29, 0.717) is 9.23 Å². The van der Waals surface area contributed by atoms with Crippen LogP contribution in [0, 0.1) is 0 Å². The number of thiocarbonyl (C=S) groups is 1. The molecule has 3 rings (SSSR count). The average molecular weight is 290 g/mol. The number of benzene rings is 1. The molecule has 3 nitrogen and oxygen atoms in total. The maximum absolute atomic E-state index is 11.6. The molecule has 2 aliphatic rings. The Morgan fingerprint density at radius 2 is 1.89 bits per heavy atom. The van der Waals surface area contributed by atoms with E-state index in [4.69, 9.17) is 12.2 Å². The summed E-state index contributed by atoms with van der Waals surface area (Å²) in [6.45, 7) is 2.29. The molecular formula is C14H14N2OS2. The molecule has 0 unspecified atom stereocenters. The average Bonchev–Trinajstić information content (AvgIpc) is 3.01. The molecule has 0 spiro atoms. The third-order valence-corrected chi connectivity index (χ3v) is 4.47. The molecule has 19 heavy (non-hydrogen) atoms. The van der Waals surface area contributed by atoms with Crippen LogP contribution < -0.4 is 10.2 Å². The van der Waals surface area contributed by atoms with Crippen LogP contribution in [0.25, 0.3) is 6.08 Å². The van der Waals surface area contributed by atoms with Gasteiger partial charge in [0.1, 0.15) is 4.32 Å². The van der Waals surface area contributed by atoms with Crippen molar-refractivity contribution < 1.29 is 4.79 Å². The number of nitrogens with zero attached hydrogens (tertiary/aromatic N) is 1. The van der Waals surface area contributed by atoms with Gasteiger partial charge in [0.05, 0.1) is 4.91 Å². The van der Waals surface area contributed by atoms with Gasteiger partial charge < -0.3 is 10.2 Å². The first-order valence-corrected chi connectivity index (χ1v) is 7.55. The molecule has 5 heteroatoms. The topological polar surface area (TPSA) is 32.3 Å². The van der Waals surface area contributed by atoms with E-state index in [1.807, 2.05) is 6.08 Å². The lowest BCUT2D eigenvalue weighted by atomic mass is 10.2. The number of carbonyl (C=O) groups excluding carboxylic acids is 1. The molecule has 0 saturated carbocycles. The van der Waals surface area contributed by atoms with Gasteiger partial charge in [-0.05, 0) is 36.6 Å². The van der Waals surface area contributed by atoms with Crippen molar-refractivity contribution in [2.75, 3.05) is 18.0 Å². The first-order valence-electron chi connectivity index (χ1n) is 6.32. The van der Waals surface area contributed by atoms with E-state index in [0.717, 1.165) is 18.7 Å². The van der Waals surface area contributed by atoms with Crippen LogP contribution in [0.15, 0.2) is 29.2 Å². The highest BCUT2D eigenvalue weighted by Gasteiger charge is 2.21. The number of rotatable bonds is 2. The Kier molecular flexibility index (Phi) is 3.57. The highest BCUT2D eigenvalue weighted by atomic mass is 32.2. The molecule has 1 aromatic rings. The Hall–Kier alpha value is -1.33. The first-order chi connectivity index (χ1) is 9.22. The predicted octanol–water partition coefficient (Wildman–Crippen LogP) is 2.78. The van der Waals surface area contributed by atoms with Crippen molar-refractivity contribution in [2.45, 2.75) is 12.8 Å². The lowest BCUT2D eigenvalue weighted by Crippen LogP contribution is -2.17. The fourth-order valence-corrected chi connectivity index (χ4v) is 3.37. The Balaban J connectivity index is 1.77. The lowest BCUT2D eigenvalue weighted by molar-refractivity contribution is -0.115. The summed E-state index contributed by atoms with van der Waals surface area (Å²) in [5, 5.41) is 2.62. The first kappa shape index (κ1) is 12.7. The third-order valence-electron chi connectivity index (χ3n) is 3.30. The second kappa shape index (κ2) is 5.35. The normalized spacial score (nSPS) is 21.3. The monoisotopic (exact) mass is 290 g/mol. The summed E-state index contributed by atoms with van der Waals surface area (Å²) in [6.07, 6.45) is 4.44. The van der Waals surface area contributed by atoms with Crippen LogP contribution in [-0.4, -0.2) is 23.3 Å². The second-order valence-electron chi connectivity index (χ2n) is 4.64. The van der Waals surface area contributed by atoms with Gasteiger partial charge in [-0.2, -0.15) is 0 Å². The van der Waals surface area contributed by atoms with Crippen molar-refractivity contribution >= 4 is 46.0 Å². The quantitative estimate of drug-likeness (QED) is 0.670. The minimum Gasteiger partial charge on any atom is -0.372 e. The van der Waals surface area contributed by atoms with Crippen LogP contribution >= 0.6 is 24.0 Å². The molecule has 1 N–H and O–H groups in total. The van der Waals surface area contributed by atoms with Crippen molar-refractivity contribution in [3.8, 4) is 0 Å². The standard InChI is InChI=1S/C14H14N2OS2/c17-13-12(19-14(18)15-13)9-10-3-5-11(6-4-10)16-7-1-2-8-16/h3-6,9H,1-2,7-8H2,(H,15,17,18). The minimum atomic E-state index is -0.0985. The number of carbonyl (C=O) groups is 1. The zero-order valence-electron chi connectivity index (χ0n) is 10.4. The van der Waals surface area contributed by atoms with Crippen LogP contribution in [-0.2, 0) is 4.79 Å². The van der Waals surface area contributed by atoms with E-state index in [2.05, 4.69) is 34.5 Å². The summed E-state index contributed by atoms with van der Waals surface area (Å²) < 4.78 is 0.532. The highest BCUT2D eigenvalue weighted by Crippen LogP contribution is 2.27. The van der Waals surface area contributed by atoms with Crippen molar-refractivity contribution in [3.63, 3.8) is 0 Å². The Labute approximate surface area is 122 Å². The minimum absolute atomic E-state index is 0.0985. The molecule has 2 heterocycles. The van der Waals surface area contributed by atoms with Crippen molar-refractivity contribution in [1.29, 1.82) is 0 Å².